The van der Waals surface area contributed by atoms with Gasteiger partial charge in [-0.05, 0) is 24.3 Å². The maximum Gasteiger partial charge on any atom is 0.224 e. The lowest BCUT2D eigenvalue weighted by molar-refractivity contribution is -0.115. The minimum absolute atomic E-state index is 0. The summed E-state index contributed by atoms with van der Waals surface area (Å²) in [6.07, 6.45) is 0.490. The van der Waals surface area contributed by atoms with Crippen molar-refractivity contribution >= 4 is 29.7 Å². The molecule has 0 spiro atoms. The molecule has 3 nitrogen and oxygen atoms in total. The van der Waals surface area contributed by atoms with Crippen LogP contribution in [0.2, 0.25) is 0 Å². The summed E-state index contributed by atoms with van der Waals surface area (Å²) in [6.45, 7) is 1.81. The smallest absolute Gasteiger partial charge is 0.224 e. The fourth-order valence-corrected chi connectivity index (χ4v) is 0.816. The van der Waals surface area contributed by atoms with Gasteiger partial charge in [0, 0.05) is 17.8 Å². The highest BCUT2D eigenvalue weighted by Gasteiger charge is 1.96. The molecule has 4 heteroatoms. The fourth-order valence-electron chi connectivity index (χ4n) is 0.816. The van der Waals surface area contributed by atoms with E-state index in [1.807, 2.05) is 6.92 Å². The first kappa shape index (κ1) is 11.8. The molecule has 0 aliphatic heterocycles. The summed E-state index contributed by atoms with van der Waals surface area (Å²) in [5.41, 5.74) is 6.96. The van der Waals surface area contributed by atoms with E-state index in [0.29, 0.717) is 12.1 Å². The zero-order valence-corrected chi connectivity index (χ0v) is 8.23. The molecular weight excluding hydrogens is 188 g/mol. The van der Waals surface area contributed by atoms with Gasteiger partial charge in [-0.2, -0.15) is 0 Å². The molecular formula is C9H13ClN2O. The van der Waals surface area contributed by atoms with Gasteiger partial charge in [-0.15, -0.1) is 12.4 Å². The van der Waals surface area contributed by atoms with Gasteiger partial charge >= 0.3 is 0 Å². The molecule has 1 aromatic carbocycles. The van der Waals surface area contributed by atoms with Crippen molar-refractivity contribution in [1.82, 2.24) is 0 Å². The lowest BCUT2D eigenvalue weighted by Crippen LogP contribution is -2.09. The number of hydrogen-bond donors (Lipinski definition) is 2. The van der Waals surface area contributed by atoms with Crippen LogP contribution < -0.4 is 11.1 Å². The topological polar surface area (TPSA) is 55.1 Å². The van der Waals surface area contributed by atoms with Crippen molar-refractivity contribution in [3.63, 3.8) is 0 Å². The van der Waals surface area contributed by atoms with Crippen molar-refractivity contribution in [2.24, 2.45) is 0 Å². The number of benzene rings is 1. The summed E-state index contributed by atoms with van der Waals surface area (Å²) < 4.78 is 0. The normalized spacial score (nSPS) is 8.69. The van der Waals surface area contributed by atoms with Gasteiger partial charge in [0.1, 0.15) is 0 Å². The largest absolute Gasteiger partial charge is 0.399 e. The Labute approximate surface area is 83.7 Å². The van der Waals surface area contributed by atoms with Crippen molar-refractivity contribution in [2.45, 2.75) is 13.3 Å². The van der Waals surface area contributed by atoms with Crippen LogP contribution in [0.25, 0.3) is 0 Å². The molecule has 13 heavy (non-hydrogen) atoms. The van der Waals surface area contributed by atoms with Crippen LogP contribution in [0, 0.1) is 0 Å². The van der Waals surface area contributed by atoms with Crippen molar-refractivity contribution in [3.05, 3.63) is 24.3 Å². The van der Waals surface area contributed by atoms with Gasteiger partial charge < -0.3 is 11.1 Å². The number of halogens is 1. The summed E-state index contributed by atoms with van der Waals surface area (Å²) >= 11 is 0. The lowest BCUT2D eigenvalue weighted by atomic mass is 10.3. The molecule has 72 valence electrons. The third-order valence-corrected chi connectivity index (χ3v) is 1.52. The number of nitrogens with two attached hydrogens (primary N) is 1. The quantitative estimate of drug-likeness (QED) is 0.718. The Morgan fingerprint density at radius 3 is 2.38 bits per heavy atom. The highest BCUT2D eigenvalue weighted by molar-refractivity contribution is 5.90. The number of hydrogen-bond acceptors (Lipinski definition) is 2. The van der Waals surface area contributed by atoms with Crippen LogP contribution in [0.15, 0.2) is 24.3 Å². The minimum Gasteiger partial charge on any atom is -0.399 e. The van der Waals surface area contributed by atoms with E-state index >= 15 is 0 Å². The molecule has 0 aromatic heterocycles. The van der Waals surface area contributed by atoms with Gasteiger partial charge in [-0.1, -0.05) is 6.92 Å². The van der Waals surface area contributed by atoms with E-state index in [0.717, 1.165) is 5.69 Å². The monoisotopic (exact) mass is 200 g/mol. The van der Waals surface area contributed by atoms with E-state index < -0.39 is 0 Å². The second-order valence-electron chi connectivity index (χ2n) is 2.52. The average molecular weight is 201 g/mol. The molecule has 0 saturated carbocycles. The first-order valence-electron chi connectivity index (χ1n) is 3.87. The fraction of sp³-hybridized carbons (Fsp3) is 0.222. The number of anilines is 2. The first-order chi connectivity index (χ1) is 5.72. The first-order valence-corrected chi connectivity index (χ1v) is 3.87. The summed E-state index contributed by atoms with van der Waals surface area (Å²) in [5.74, 6) is 0.0137. The summed E-state index contributed by atoms with van der Waals surface area (Å²) in [5, 5.41) is 2.72. The third-order valence-electron chi connectivity index (χ3n) is 1.52. The van der Waals surface area contributed by atoms with Crippen molar-refractivity contribution in [2.75, 3.05) is 11.1 Å². The van der Waals surface area contributed by atoms with Crippen LogP contribution >= 0.6 is 12.4 Å². The molecule has 0 unspecified atom stereocenters. The van der Waals surface area contributed by atoms with Crippen LogP contribution in [-0.2, 0) is 4.79 Å². The molecule has 0 aliphatic rings. The molecule has 1 aromatic rings. The molecule has 0 heterocycles. The number of nitrogens with one attached hydrogen (secondary N) is 1. The van der Waals surface area contributed by atoms with E-state index in [4.69, 9.17) is 5.73 Å². The third kappa shape index (κ3) is 3.80. The second-order valence-corrected chi connectivity index (χ2v) is 2.52. The van der Waals surface area contributed by atoms with Crippen LogP contribution in [0.4, 0.5) is 11.4 Å². The molecule has 0 radical (unpaired) electrons. The Kier molecular flexibility index (Phi) is 4.92. The van der Waals surface area contributed by atoms with E-state index in [-0.39, 0.29) is 18.3 Å². The van der Waals surface area contributed by atoms with E-state index in [2.05, 4.69) is 5.32 Å². The zero-order valence-electron chi connectivity index (χ0n) is 7.41. The SMILES string of the molecule is CCC(=O)Nc1ccc(N)cc1.Cl. The molecule has 0 fully saturated rings. The lowest BCUT2D eigenvalue weighted by Gasteiger charge is -2.02. The Morgan fingerprint density at radius 1 is 1.38 bits per heavy atom. The van der Waals surface area contributed by atoms with Gasteiger partial charge in [0.15, 0.2) is 0 Å². The van der Waals surface area contributed by atoms with Crippen molar-refractivity contribution in [1.29, 1.82) is 0 Å². The van der Waals surface area contributed by atoms with E-state index in [9.17, 15) is 4.79 Å². The standard InChI is InChI=1S/C9H12N2O.ClH/c1-2-9(12)11-8-5-3-7(10)4-6-8;/h3-6H,2,10H2,1H3,(H,11,12);1H. The van der Waals surface area contributed by atoms with E-state index in [1.165, 1.54) is 0 Å². The number of nitrogen functional groups attached to an aromatic ring is 1. The molecule has 0 aliphatic carbocycles. The zero-order chi connectivity index (χ0) is 8.97. The van der Waals surface area contributed by atoms with E-state index in [1.54, 1.807) is 24.3 Å². The summed E-state index contributed by atoms with van der Waals surface area (Å²) in [4.78, 5) is 10.9. The molecule has 0 atom stereocenters. The van der Waals surface area contributed by atoms with Gasteiger partial charge in [-0.3, -0.25) is 4.79 Å². The maximum atomic E-state index is 10.9. The van der Waals surface area contributed by atoms with Crippen LogP contribution in [0.3, 0.4) is 0 Å². The summed E-state index contributed by atoms with van der Waals surface area (Å²) in [7, 11) is 0. The van der Waals surface area contributed by atoms with Crippen molar-refractivity contribution in [3.8, 4) is 0 Å². The minimum atomic E-state index is 0. The predicted octanol–water partition coefficient (Wildman–Crippen LogP) is 2.04. The molecule has 0 saturated heterocycles. The highest BCUT2D eigenvalue weighted by Crippen LogP contribution is 2.10. The van der Waals surface area contributed by atoms with Crippen LogP contribution in [0.1, 0.15) is 13.3 Å². The van der Waals surface area contributed by atoms with Crippen LogP contribution in [0.5, 0.6) is 0 Å². The molecule has 3 N–H and O–H groups in total. The van der Waals surface area contributed by atoms with Gasteiger partial charge in [0.25, 0.3) is 0 Å². The average Bonchev–Trinajstić information content (AvgIpc) is 2.09. The number of carbonyl (C=O) groups excluding carboxylic acids is 1. The molecule has 1 rings (SSSR count). The van der Waals surface area contributed by atoms with Crippen LogP contribution in [-0.4, -0.2) is 5.91 Å². The Hall–Kier alpha value is -1.22. The van der Waals surface area contributed by atoms with Gasteiger partial charge in [0.2, 0.25) is 5.91 Å². The summed E-state index contributed by atoms with van der Waals surface area (Å²) in [6, 6.07) is 7.07. The van der Waals surface area contributed by atoms with Gasteiger partial charge in [-0.25, -0.2) is 0 Å². The Bertz CT molecular complexity index is 271. The maximum absolute atomic E-state index is 10.9. The number of rotatable bonds is 2. The van der Waals surface area contributed by atoms with Gasteiger partial charge in [0.05, 0.1) is 0 Å². The predicted molar refractivity (Wildman–Crippen MR) is 57.0 cm³/mol. The number of amides is 1. The Balaban J connectivity index is 0.00000144. The highest BCUT2D eigenvalue weighted by atomic mass is 35.5. The Morgan fingerprint density at radius 2 is 1.92 bits per heavy atom. The second kappa shape index (κ2) is 5.43. The molecule has 1 amide bonds. The number of carbonyl (C=O) groups is 1. The van der Waals surface area contributed by atoms with Crippen molar-refractivity contribution < 1.29 is 4.79 Å². The molecule has 0 bridgehead atoms.